The van der Waals surface area contributed by atoms with Gasteiger partial charge in [0.15, 0.2) is 11.7 Å². The van der Waals surface area contributed by atoms with Crippen molar-refractivity contribution in [2.45, 2.75) is 19.5 Å². The van der Waals surface area contributed by atoms with Crippen LogP contribution in [0.3, 0.4) is 0 Å². The molecule has 162 valence electrons. The maximum atomic E-state index is 12.6. The van der Waals surface area contributed by atoms with Gasteiger partial charge in [0, 0.05) is 64.7 Å². The normalized spacial score (nSPS) is 17.9. The van der Waals surface area contributed by atoms with Crippen LogP contribution in [0.4, 0.5) is 13.2 Å². The van der Waals surface area contributed by atoms with Crippen LogP contribution >= 0.6 is 35.3 Å². The number of piperazine rings is 1. The number of rotatable bonds is 7. The Morgan fingerprint density at radius 1 is 1.29 bits per heavy atom. The van der Waals surface area contributed by atoms with Crippen LogP contribution in [0.15, 0.2) is 10.4 Å². The number of halogens is 4. The first kappa shape index (κ1) is 25.4. The molecule has 0 bridgehead atoms. The highest BCUT2D eigenvalue weighted by atomic mass is 127. The van der Waals surface area contributed by atoms with E-state index in [4.69, 9.17) is 0 Å². The molecular weight excluding hydrogens is 504 g/mol. The van der Waals surface area contributed by atoms with Gasteiger partial charge < -0.3 is 20.4 Å². The van der Waals surface area contributed by atoms with E-state index in [1.165, 1.54) is 0 Å². The summed E-state index contributed by atoms with van der Waals surface area (Å²) >= 11 is 1.03. The molecular formula is C17H30F3IN6S. The van der Waals surface area contributed by atoms with Gasteiger partial charge in [-0.25, -0.2) is 4.98 Å². The standard InChI is InChI=1S/C17H29F3N6S.HI/c1-13(11-26-8-6-25(3)7-9-26)10-23-16(21-2)22-5-4-15-24-14(12-27-15)17(18,19)20;/h12-13H,4-11H2,1-3H3,(H2,21,22,23);1H. The molecule has 0 amide bonds. The number of aromatic nitrogens is 1. The summed E-state index contributed by atoms with van der Waals surface area (Å²) in [6.07, 6.45) is -3.95. The molecule has 0 radical (unpaired) electrons. The zero-order valence-corrected chi connectivity index (χ0v) is 19.7. The fourth-order valence-electron chi connectivity index (χ4n) is 2.87. The number of likely N-dealkylation sites (N-methyl/N-ethyl adjacent to an activating group) is 1. The third-order valence-corrected chi connectivity index (χ3v) is 5.39. The van der Waals surface area contributed by atoms with Crippen LogP contribution in [-0.2, 0) is 12.6 Å². The maximum absolute atomic E-state index is 12.6. The van der Waals surface area contributed by atoms with E-state index in [0.29, 0.717) is 29.9 Å². The highest BCUT2D eigenvalue weighted by Crippen LogP contribution is 2.29. The fourth-order valence-corrected chi connectivity index (χ4v) is 3.68. The van der Waals surface area contributed by atoms with Gasteiger partial charge in [-0.1, -0.05) is 6.92 Å². The number of nitrogens with zero attached hydrogens (tertiary/aromatic N) is 4. The molecule has 2 heterocycles. The average Bonchev–Trinajstić information content (AvgIpc) is 3.09. The molecule has 0 spiro atoms. The maximum Gasteiger partial charge on any atom is 0.434 e. The molecule has 11 heteroatoms. The largest absolute Gasteiger partial charge is 0.434 e. The van der Waals surface area contributed by atoms with E-state index in [9.17, 15) is 13.2 Å². The third kappa shape index (κ3) is 8.78. The molecule has 0 saturated carbocycles. The summed E-state index contributed by atoms with van der Waals surface area (Å²) in [6.45, 7) is 8.93. The summed E-state index contributed by atoms with van der Waals surface area (Å²) in [5, 5.41) is 7.95. The summed E-state index contributed by atoms with van der Waals surface area (Å²) in [5.74, 6) is 1.13. The number of nitrogens with one attached hydrogen (secondary N) is 2. The number of hydrogen-bond donors (Lipinski definition) is 2. The lowest BCUT2D eigenvalue weighted by Gasteiger charge is -2.34. The number of hydrogen-bond acceptors (Lipinski definition) is 5. The molecule has 0 aliphatic carbocycles. The second-order valence-corrected chi connectivity index (χ2v) is 7.91. The van der Waals surface area contributed by atoms with Crippen molar-refractivity contribution in [2.75, 3.05) is 59.9 Å². The van der Waals surface area contributed by atoms with Crippen LogP contribution in [0.1, 0.15) is 17.6 Å². The smallest absolute Gasteiger partial charge is 0.356 e. The summed E-state index contributed by atoms with van der Waals surface area (Å²) < 4.78 is 37.7. The first-order chi connectivity index (χ1) is 12.8. The summed E-state index contributed by atoms with van der Waals surface area (Å²) in [4.78, 5) is 12.6. The van der Waals surface area contributed by atoms with Gasteiger partial charge in [0.05, 0.1) is 5.01 Å². The van der Waals surface area contributed by atoms with Crippen molar-refractivity contribution in [2.24, 2.45) is 10.9 Å². The molecule has 2 N–H and O–H groups in total. The van der Waals surface area contributed by atoms with Gasteiger partial charge in [0.1, 0.15) is 0 Å². The van der Waals surface area contributed by atoms with Crippen molar-refractivity contribution in [3.63, 3.8) is 0 Å². The molecule has 0 aromatic carbocycles. The van der Waals surface area contributed by atoms with E-state index >= 15 is 0 Å². The average molecular weight is 534 g/mol. The highest BCUT2D eigenvalue weighted by Gasteiger charge is 2.33. The molecule has 1 aromatic rings. The zero-order valence-electron chi connectivity index (χ0n) is 16.6. The van der Waals surface area contributed by atoms with Crippen LogP contribution < -0.4 is 10.6 Å². The van der Waals surface area contributed by atoms with Gasteiger partial charge in [-0.05, 0) is 13.0 Å². The Labute approximate surface area is 186 Å². The van der Waals surface area contributed by atoms with E-state index in [2.05, 4.69) is 44.4 Å². The molecule has 1 aromatic heterocycles. The topological polar surface area (TPSA) is 55.8 Å². The lowest BCUT2D eigenvalue weighted by Crippen LogP contribution is -2.47. The Balaban J connectivity index is 0.00000392. The quantitative estimate of drug-likeness (QED) is 0.320. The van der Waals surface area contributed by atoms with E-state index in [-0.39, 0.29) is 24.0 Å². The zero-order chi connectivity index (χ0) is 19.9. The summed E-state index contributed by atoms with van der Waals surface area (Å²) in [5.41, 5.74) is -0.817. The molecule has 6 nitrogen and oxygen atoms in total. The molecule has 1 aliphatic rings. The van der Waals surface area contributed by atoms with Crippen LogP contribution in [0.2, 0.25) is 0 Å². The van der Waals surface area contributed by atoms with Crippen molar-refractivity contribution in [3.05, 3.63) is 16.1 Å². The fraction of sp³-hybridized carbons (Fsp3) is 0.765. The Kier molecular flexibility index (Phi) is 11.0. The van der Waals surface area contributed by atoms with Gasteiger partial charge in [0.2, 0.25) is 0 Å². The third-order valence-electron chi connectivity index (χ3n) is 4.48. The van der Waals surface area contributed by atoms with Gasteiger partial charge in [-0.2, -0.15) is 13.2 Å². The minimum absolute atomic E-state index is 0. The van der Waals surface area contributed by atoms with Gasteiger partial charge >= 0.3 is 6.18 Å². The van der Waals surface area contributed by atoms with Gasteiger partial charge in [-0.3, -0.25) is 4.99 Å². The lowest BCUT2D eigenvalue weighted by atomic mass is 10.1. The van der Waals surface area contributed by atoms with Gasteiger partial charge in [-0.15, -0.1) is 35.3 Å². The Morgan fingerprint density at radius 2 is 1.96 bits per heavy atom. The van der Waals surface area contributed by atoms with Crippen molar-refractivity contribution < 1.29 is 13.2 Å². The predicted molar refractivity (Wildman–Crippen MR) is 119 cm³/mol. The SMILES string of the molecule is CN=C(NCCc1nc(C(F)(F)F)cs1)NCC(C)CN1CCN(C)CC1.I. The number of thiazole rings is 1. The van der Waals surface area contributed by atoms with Crippen LogP contribution in [0.5, 0.6) is 0 Å². The van der Waals surface area contributed by atoms with Crippen molar-refractivity contribution in [3.8, 4) is 0 Å². The summed E-state index contributed by atoms with van der Waals surface area (Å²) in [7, 11) is 3.83. The van der Waals surface area contributed by atoms with E-state index in [0.717, 1.165) is 56.0 Å². The van der Waals surface area contributed by atoms with E-state index < -0.39 is 11.9 Å². The highest BCUT2D eigenvalue weighted by molar-refractivity contribution is 14.0. The van der Waals surface area contributed by atoms with Crippen molar-refractivity contribution >= 4 is 41.3 Å². The Morgan fingerprint density at radius 3 is 2.54 bits per heavy atom. The predicted octanol–water partition coefficient (Wildman–Crippen LogP) is 2.37. The minimum atomic E-state index is -4.38. The Hall–Kier alpha value is -0.660. The first-order valence-electron chi connectivity index (χ1n) is 9.15. The van der Waals surface area contributed by atoms with Gasteiger partial charge in [0.25, 0.3) is 0 Å². The first-order valence-corrected chi connectivity index (χ1v) is 10.0. The molecule has 1 aliphatic heterocycles. The number of aliphatic imine (C=N–C) groups is 1. The molecule has 1 saturated heterocycles. The van der Waals surface area contributed by atoms with Crippen LogP contribution in [0.25, 0.3) is 0 Å². The number of alkyl halides is 3. The minimum Gasteiger partial charge on any atom is -0.356 e. The summed E-state index contributed by atoms with van der Waals surface area (Å²) in [6, 6.07) is 0. The van der Waals surface area contributed by atoms with Crippen LogP contribution in [-0.4, -0.2) is 80.7 Å². The molecule has 1 atom stereocenters. The second kappa shape index (κ2) is 12.1. The van der Waals surface area contributed by atoms with Crippen LogP contribution in [0, 0.1) is 5.92 Å². The molecule has 2 rings (SSSR count). The van der Waals surface area contributed by atoms with Crippen molar-refractivity contribution in [1.29, 1.82) is 0 Å². The monoisotopic (exact) mass is 534 g/mol. The number of guanidine groups is 1. The molecule has 1 fully saturated rings. The lowest BCUT2D eigenvalue weighted by molar-refractivity contribution is -0.140. The van der Waals surface area contributed by atoms with E-state index in [1.807, 2.05) is 0 Å². The second-order valence-electron chi connectivity index (χ2n) is 6.96. The van der Waals surface area contributed by atoms with Crippen molar-refractivity contribution in [1.82, 2.24) is 25.4 Å². The molecule has 1 unspecified atom stereocenters. The van der Waals surface area contributed by atoms with E-state index in [1.54, 1.807) is 7.05 Å². The molecule has 28 heavy (non-hydrogen) atoms. The Bertz CT molecular complexity index is 602.